The predicted octanol–water partition coefficient (Wildman–Crippen LogP) is 9.64. The fourth-order valence-electron chi connectivity index (χ4n) is 9.52. The molecule has 2 nitrogen and oxygen atoms in total. The fourth-order valence-corrected chi connectivity index (χ4v) is 15.0. The Morgan fingerprint density at radius 1 is 0.420 bits per heavy atom. The van der Waals surface area contributed by atoms with E-state index in [1.54, 1.807) is 10.4 Å². The third-order valence-corrected chi connectivity index (χ3v) is 17.5. The molecule has 50 heavy (non-hydrogen) atoms. The van der Waals surface area contributed by atoms with Crippen LogP contribution in [-0.4, -0.2) is 14.8 Å². The summed E-state index contributed by atoms with van der Waals surface area (Å²) < 4.78 is 5.35. The number of thiophene rings is 2. The molecule has 0 bridgehead atoms. The smallest absolute Gasteiger partial charge is 0.251 e. The van der Waals surface area contributed by atoms with Crippen LogP contribution in [0, 0.1) is 0 Å². The van der Waals surface area contributed by atoms with Gasteiger partial charge in [0.2, 0.25) is 0 Å². The maximum atomic E-state index is 2.58. The van der Waals surface area contributed by atoms with Crippen LogP contribution in [0.1, 0.15) is 0 Å². The molecule has 3 aliphatic rings. The molecule has 7 aromatic carbocycles. The first-order valence-electron chi connectivity index (χ1n) is 17.4. The van der Waals surface area contributed by atoms with Crippen molar-refractivity contribution in [2.75, 3.05) is 9.80 Å². The Morgan fingerprint density at radius 2 is 0.840 bits per heavy atom. The van der Waals surface area contributed by atoms with Gasteiger partial charge in [0.25, 0.3) is 6.71 Å². The maximum Gasteiger partial charge on any atom is 0.251 e. The van der Waals surface area contributed by atoms with Gasteiger partial charge in [-0.05, 0) is 77.1 Å². The van der Waals surface area contributed by atoms with Gasteiger partial charge in [0.15, 0.2) is 0 Å². The zero-order valence-corrected chi connectivity index (χ0v) is 30.2. The highest BCUT2D eigenvalue weighted by molar-refractivity contribution is 7.26. The van der Waals surface area contributed by atoms with Gasteiger partial charge in [-0.25, -0.2) is 0 Å². The highest BCUT2D eigenvalue weighted by Gasteiger charge is 2.51. The van der Waals surface area contributed by atoms with Crippen LogP contribution in [0.4, 0.5) is 34.1 Å². The molecule has 2 aromatic heterocycles. The monoisotopic (exact) mass is 688 g/mol. The van der Waals surface area contributed by atoms with Crippen molar-refractivity contribution in [1.82, 2.24) is 0 Å². The molecule has 5 heterocycles. The van der Waals surface area contributed by atoms with Crippen molar-refractivity contribution < 1.29 is 0 Å². The van der Waals surface area contributed by atoms with Gasteiger partial charge in [0.05, 0.1) is 0 Å². The van der Waals surface area contributed by atoms with Crippen molar-refractivity contribution in [3.8, 4) is 0 Å². The van der Waals surface area contributed by atoms with Crippen LogP contribution in [-0.2, 0) is 0 Å². The SMILES string of the molecule is C[Si]1(C)c2cccc3c2B2c4c(cccc4N(c4ccc5c(c4)sc4ccccc45)c4cccc1c42)N3c1ccc2c(c1)sc1ccccc12. The minimum atomic E-state index is -2.05. The van der Waals surface area contributed by atoms with Crippen molar-refractivity contribution in [2.45, 2.75) is 13.1 Å². The summed E-state index contributed by atoms with van der Waals surface area (Å²) in [7, 11) is -2.05. The van der Waals surface area contributed by atoms with E-state index in [0.29, 0.717) is 0 Å². The number of fused-ring (bicyclic) bond motifs is 6. The lowest BCUT2D eigenvalue weighted by Crippen LogP contribution is -2.79. The first-order chi connectivity index (χ1) is 24.6. The standard InChI is InChI=1S/C44H29BN2S2Si/c1-50(2)40-18-8-14-34-43(40)45-42-32(46(34)26-20-22-30-28-10-3-5-16-36(28)48-38(30)24-26)12-7-13-33(42)47(35-15-9-19-41(50)44(35)45)27-21-23-31-29-11-4-6-17-37(29)49-39(31)25-27/h3-25H,1-2H3. The zero-order chi connectivity index (χ0) is 32.9. The summed E-state index contributed by atoms with van der Waals surface area (Å²) in [5, 5.41) is 8.50. The number of benzene rings is 7. The van der Waals surface area contributed by atoms with E-state index in [-0.39, 0.29) is 6.71 Å². The molecule has 0 saturated carbocycles. The van der Waals surface area contributed by atoms with E-state index in [4.69, 9.17) is 0 Å². The van der Waals surface area contributed by atoms with E-state index in [1.807, 2.05) is 22.7 Å². The number of rotatable bonds is 2. The van der Waals surface area contributed by atoms with Crippen molar-refractivity contribution in [3.63, 3.8) is 0 Å². The van der Waals surface area contributed by atoms with E-state index in [1.165, 1.54) is 90.9 Å². The number of hydrogen-bond acceptors (Lipinski definition) is 4. The van der Waals surface area contributed by atoms with Crippen LogP contribution >= 0.6 is 22.7 Å². The third kappa shape index (κ3) is 3.39. The number of anilines is 6. The van der Waals surface area contributed by atoms with Crippen LogP contribution in [0.25, 0.3) is 40.3 Å². The summed E-state index contributed by atoms with van der Waals surface area (Å²) in [5.74, 6) is 0. The molecule has 3 aliphatic heterocycles. The Kier molecular flexibility index (Phi) is 5.28. The molecule has 0 unspecified atom stereocenters. The van der Waals surface area contributed by atoms with Gasteiger partial charge in [-0.2, -0.15) is 0 Å². The van der Waals surface area contributed by atoms with Gasteiger partial charge in [-0.3, -0.25) is 0 Å². The molecule has 0 fully saturated rings. The average Bonchev–Trinajstić information content (AvgIpc) is 3.71. The van der Waals surface area contributed by atoms with Crippen LogP contribution < -0.4 is 36.6 Å². The first-order valence-corrected chi connectivity index (χ1v) is 22.0. The molecule has 0 amide bonds. The Hall–Kier alpha value is -5.14. The van der Waals surface area contributed by atoms with E-state index >= 15 is 0 Å². The number of nitrogens with zero attached hydrogens (tertiary/aromatic N) is 2. The van der Waals surface area contributed by atoms with Gasteiger partial charge in [-0.1, -0.05) is 102 Å². The molecule has 12 rings (SSSR count). The van der Waals surface area contributed by atoms with Gasteiger partial charge < -0.3 is 9.80 Å². The summed E-state index contributed by atoms with van der Waals surface area (Å²) >= 11 is 3.80. The van der Waals surface area contributed by atoms with Gasteiger partial charge >= 0.3 is 0 Å². The van der Waals surface area contributed by atoms with E-state index in [0.717, 1.165) is 0 Å². The molecule has 6 heteroatoms. The van der Waals surface area contributed by atoms with E-state index in [2.05, 4.69) is 162 Å². The lowest BCUT2D eigenvalue weighted by molar-refractivity contribution is 1.26. The van der Waals surface area contributed by atoms with Gasteiger partial charge in [0.1, 0.15) is 8.07 Å². The van der Waals surface area contributed by atoms with Crippen LogP contribution in [0.15, 0.2) is 140 Å². The summed E-state index contributed by atoms with van der Waals surface area (Å²) in [6.07, 6.45) is 0. The largest absolute Gasteiger partial charge is 0.311 e. The van der Waals surface area contributed by atoms with Crippen LogP contribution in [0.3, 0.4) is 0 Å². The first kappa shape index (κ1) is 27.7. The van der Waals surface area contributed by atoms with Gasteiger partial charge in [0, 0.05) is 74.5 Å². The van der Waals surface area contributed by atoms with Crippen molar-refractivity contribution >= 4 is 139 Å². The maximum absolute atomic E-state index is 2.58. The second kappa shape index (κ2) is 9.55. The lowest BCUT2D eigenvalue weighted by Gasteiger charge is -2.49. The second-order valence-corrected chi connectivity index (χ2v) is 21.0. The average molecular weight is 689 g/mol. The van der Waals surface area contributed by atoms with Crippen molar-refractivity contribution in [2.24, 2.45) is 0 Å². The summed E-state index contributed by atoms with van der Waals surface area (Å²) in [5.41, 5.74) is 12.1. The topological polar surface area (TPSA) is 6.48 Å². The minimum Gasteiger partial charge on any atom is -0.311 e. The molecular weight excluding hydrogens is 660 g/mol. The molecule has 0 saturated heterocycles. The molecule has 0 atom stereocenters. The Morgan fingerprint density at radius 3 is 1.34 bits per heavy atom. The molecule has 9 aromatic rings. The minimum absolute atomic E-state index is 0.202. The van der Waals surface area contributed by atoms with Crippen molar-refractivity contribution in [1.29, 1.82) is 0 Å². The third-order valence-electron chi connectivity index (χ3n) is 11.6. The predicted molar refractivity (Wildman–Crippen MR) is 223 cm³/mol. The van der Waals surface area contributed by atoms with E-state index in [9.17, 15) is 0 Å². The normalized spacial score (nSPS) is 15.0. The summed E-state index contributed by atoms with van der Waals surface area (Å²) in [6.45, 7) is 5.32. The lowest BCUT2D eigenvalue weighted by atomic mass is 9.33. The Labute approximate surface area is 299 Å². The molecule has 0 aliphatic carbocycles. The fraction of sp³-hybridized carbons (Fsp3) is 0.0455. The Bertz CT molecular complexity index is 2760. The highest BCUT2D eigenvalue weighted by atomic mass is 32.1. The van der Waals surface area contributed by atoms with E-state index < -0.39 is 8.07 Å². The zero-order valence-electron chi connectivity index (χ0n) is 27.6. The second-order valence-electron chi connectivity index (χ2n) is 14.5. The van der Waals surface area contributed by atoms with Gasteiger partial charge in [-0.15, -0.1) is 22.7 Å². The molecule has 0 N–H and O–H groups in total. The Balaban J connectivity index is 1.16. The quantitative estimate of drug-likeness (QED) is 0.167. The van der Waals surface area contributed by atoms with Crippen LogP contribution in [0.5, 0.6) is 0 Å². The van der Waals surface area contributed by atoms with Crippen molar-refractivity contribution in [3.05, 3.63) is 140 Å². The molecule has 0 spiro atoms. The molecular formula is C44H29BN2S2Si. The number of hydrogen-bond donors (Lipinski definition) is 0. The molecule has 0 radical (unpaired) electrons. The van der Waals surface area contributed by atoms with Crippen LogP contribution in [0.2, 0.25) is 13.1 Å². The highest BCUT2D eigenvalue weighted by Crippen LogP contribution is 2.47. The summed E-state index contributed by atoms with van der Waals surface area (Å²) in [6, 6.07) is 53.1. The summed E-state index contributed by atoms with van der Waals surface area (Å²) in [4.78, 5) is 5.16. The molecule has 234 valence electrons.